The first-order valence-corrected chi connectivity index (χ1v) is 7.77. The van der Waals surface area contributed by atoms with Crippen LogP contribution in [0, 0.1) is 5.92 Å². The number of rotatable bonds is 4. The molecule has 1 atom stereocenters. The van der Waals surface area contributed by atoms with Crippen molar-refractivity contribution in [3.8, 4) is 0 Å². The minimum atomic E-state index is -3.06. The van der Waals surface area contributed by atoms with Crippen LogP contribution in [0.5, 0.6) is 0 Å². The second-order valence-electron chi connectivity index (χ2n) is 5.09. The Balaban J connectivity index is 1.93. The lowest BCUT2D eigenvalue weighted by Gasteiger charge is -2.23. The second kappa shape index (κ2) is 5.02. The molecule has 1 saturated heterocycles. The Kier molecular flexibility index (Phi) is 3.87. The summed E-state index contributed by atoms with van der Waals surface area (Å²) in [5.41, 5.74) is 0. The lowest BCUT2D eigenvalue weighted by Crippen LogP contribution is -2.39. The second-order valence-corrected chi connectivity index (χ2v) is 7.41. The van der Waals surface area contributed by atoms with Crippen molar-refractivity contribution in [2.75, 3.05) is 26.7 Å². The molecule has 1 N–H and O–H groups in total. The quantitative estimate of drug-likeness (QED) is 0.798. The Hall–Kier alpha value is -0.130. The topological polar surface area (TPSA) is 49.4 Å². The third kappa shape index (κ3) is 2.57. The maximum absolute atomic E-state index is 12.2. The van der Waals surface area contributed by atoms with Gasteiger partial charge in [-0.25, -0.2) is 12.7 Å². The van der Waals surface area contributed by atoms with E-state index in [1.54, 1.807) is 11.4 Å². The molecule has 1 heterocycles. The monoisotopic (exact) mass is 246 g/mol. The molecule has 16 heavy (non-hydrogen) atoms. The van der Waals surface area contributed by atoms with Crippen LogP contribution in [-0.2, 0) is 10.0 Å². The molecule has 2 fully saturated rings. The van der Waals surface area contributed by atoms with Gasteiger partial charge in [0, 0.05) is 20.1 Å². The Labute approximate surface area is 98.4 Å². The van der Waals surface area contributed by atoms with Crippen LogP contribution in [0.25, 0.3) is 0 Å². The molecule has 0 amide bonds. The normalized spacial score (nSPS) is 28.0. The fourth-order valence-corrected chi connectivity index (χ4v) is 4.47. The molecular formula is C11H22N2O2S. The highest BCUT2D eigenvalue weighted by Crippen LogP contribution is 2.26. The van der Waals surface area contributed by atoms with Gasteiger partial charge in [-0.3, -0.25) is 0 Å². The van der Waals surface area contributed by atoms with E-state index in [4.69, 9.17) is 0 Å². The molecule has 0 radical (unpaired) electrons. The third-order valence-electron chi connectivity index (χ3n) is 3.86. The predicted molar refractivity (Wildman–Crippen MR) is 64.8 cm³/mol. The SMILES string of the molecule is CN(CC1CCCC1)S(=O)(=O)C1CCNC1. The molecule has 2 aliphatic rings. The van der Waals surface area contributed by atoms with E-state index >= 15 is 0 Å². The Morgan fingerprint density at radius 1 is 1.25 bits per heavy atom. The van der Waals surface area contributed by atoms with Gasteiger partial charge in [0.1, 0.15) is 0 Å². The number of nitrogens with zero attached hydrogens (tertiary/aromatic N) is 1. The zero-order valence-corrected chi connectivity index (χ0v) is 10.8. The highest BCUT2D eigenvalue weighted by Gasteiger charge is 2.33. The van der Waals surface area contributed by atoms with Crippen LogP contribution >= 0.6 is 0 Å². The van der Waals surface area contributed by atoms with E-state index in [1.807, 2.05) is 0 Å². The number of hydrogen-bond acceptors (Lipinski definition) is 3. The molecule has 1 aliphatic heterocycles. The molecule has 1 saturated carbocycles. The van der Waals surface area contributed by atoms with E-state index in [-0.39, 0.29) is 5.25 Å². The van der Waals surface area contributed by atoms with Crippen LogP contribution in [0.2, 0.25) is 0 Å². The lowest BCUT2D eigenvalue weighted by molar-refractivity contribution is 0.383. The van der Waals surface area contributed by atoms with Crippen molar-refractivity contribution in [3.63, 3.8) is 0 Å². The minimum absolute atomic E-state index is 0.195. The minimum Gasteiger partial charge on any atom is -0.315 e. The molecule has 0 spiro atoms. The average molecular weight is 246 g/mol. The molecule has 1 unspecified atom stereocenters. The van der Waals surface area contributed by atoms with Crippen molar-refractivity contribution < 1.29 is 8.42 Å². The maximum atomic E-state index is 12.2. The van der Waals surface area contributed by atoms with Gasteiger partial charge >= 0.3 is 0 Å². The summed E-state index contributed by atoms with van der Waals surface area (Å²) < 4.78 is 26.0. The van der Waals surface area contributed by atoms with E-state index < -0.39 is 10.0 Å². The van der Waals surface area contributed by atoms with Gasteiger partial charge in [-0.15, -0.1) is 0 Å². The molecule has 5 heteroatoms. The summed E-state index contributed by atoms with van der Waals surface area (Å²) in [5, 5.41) is 2.93. The van der Waals surface area contributed by atoms with Gasteiger partial charge in [0.2, 0.25) is 10.0 Å². The van der Waals surface area contributed by atoms with Crippen LogP contribution in [-0.4, -0.2) is 44.7 Å². The van der Waals surface area contributed by atoms with Crippen molar-refractivity contribution in [1.29, 1.82) is 0 Å². The highest BCUT2D eigenvalue weighted by atomic mass is 32.2. The fraction of sp³-hybridized carbons (Fsp3) is 1.00. The molecule has 94 valence electrons. The van der Waals surface area contributed by atoms with Crippen LogP contribution in [0.4, 0.5) is 0 Å². The smallest absolute Gasteiger partial charge is 0.218 e. The first-order valence-electron chi connectivity index (χ1n) is 6.26. The zero-order valence-electron chi connectivity index (χ0n) is 9.98. The first-order chi connectivity index (χ1) is 7.60. The van der Waals surface area contributed by atoms with Gasteiger partial charge in [0.25, 0.3) is 0 Å². The molecule has 2 rings (SSSR count). The van der Waals surface area contributed by atoms with E-state index in [1.165, 1.54) is 25.7 Å². The Morgan fingerprint density at radius 2 is 1.94 bits per heavy atom. The molecule has 0 aromatic heterocycles. The first kappa shape index (κ1) is 12.3. The summed E-state index contributed by atoms with van der Waals surface area (Å²) in [5.74, 6) is 0.592. The van der Waals surface area contributed by atoms with Gasteiger partial charge in [-0.1, -0.05) is 12.8 Å². The Morgan fingerprint density at radius 3 is 2.50 bits per heavy atom. The van der Waals surface area contributed by atoms with Crippen LogP contribution in [0.15, 0.2) is 0 Å². The Bertz CT molecular complexity index is 317. The summed E-state index contributed by atoms with van der Waals surface area (Å²) in [4.78, 5) is 0. The summed E-state index contributed by atoms with van der Waals surface area (Å²) in [6, 6.07) is 0. The van der Waals surface area contributed by atoms with Crippen molar-refractivity contribution in [2.24, 2.45) is 5.92 Å². The fourth-order valence-electron chi connectivity index (χ4n) is 2.80. The molecule has 4 nitrogen and oxygen atoms in total. The molecule has 0 aromatic rings. The number of sulfonamides is 1. The molecule has 0 aromatic carbocycles. The van der Waals surface area contributed by atoms with Crippen molar-refractivity contribution >= 4 is 10.0 Å². The van der Waals surface area contributed by atoms with Crippen molar-refractivity contribution in [2.45, 2.75) is 37.4 Å². The van der Waals surface area contributed by atoms with E-state index in [9.17, 15) is 8.42 Å². The predicted octanol–water partition coefficient (Wildman–Crippen LogP) is 0.800. The molecule has 0 bridgehead atoms. The third-order valence-corrected chi connectivity index (χ3v) is 6.12. The van der Waals surface area contributed by atoms with Crippen LogP contribution in [0.3, 0.4) is 0 Å². The van der Waals surface area contributed by atoms with Gasteiger partial charge in [0.05, 0.1) is 5.25 Å². The maximum Gasteiger partial charge on any atom is 0.218 e. The summed E-state index contributed by atoms with van der Waals surface area (Å²) in [7, 11) is -1.31. The van der Waals surface area contributed by atoms with E-state index in [2.05, 4.69) is 5.32 Å². The van der Waals surface area contributed by atoms with Gasteiger partial charge in [0.15, 0.2) is 0 Å². The van der Waals surface area contributed by atoms with Crippen LogP contribution < -0.4 is 5.32 Å². The summed E-state index contributed by atoms with van der Waals surface area (Å²) in [6.07, 6.45) is 5.69. The molecule has 1 aliphatic carbocycles. The van der Waals surface area contributed by atoms with Gasteiger partial charge in [-0.2, -0.15) is 0 Å². The lowest BCUT2D eigenvalue weighted by atomic mass is 10.1. The molecular weight excluding hydrogens is 224 g/mol. The van der Waals surface area contributed by atoms with E-state index in [0.717, 1.165) is 19.5 Å². The zero-order chi connectivity index (χ0) is 11.6. The van der Waals surface area contributed by atoms with Gasteiger partial charge in [-0.05, 0) is 31.7 Å². The largest absolute Gasteiger partial charge is 0.315 e. The standard InChI is InChI=1S/C11H22N2O2S/c1-13(9-10-4-2-3-5-10)16(14,15)11-6-7-12-8-11/h10-12H,2-9H2,1H3. The van der Waals surface area contributed by atoms with Crippen molar-refractivity contribution in [1.82, 2.24) is 9.62 Å². The van der Waals surface area contributed by atoms with Crippen LogP contribution in [0.1, 0.15) is 32.1 Å². The van der Waals surface area contributed by atoms with E-state index in [0.29, 0.717) is 12.5 Å². The summed E-state index contributed by atoms with van der Waals surface area (Å²) >= 11 is 0. The summed E-state index contributed by atoms with van der Waals surface area (Å²) in [6.45, 7) is 2.18. The highest BCUT2D eigenvalue weighted by molar-refractivity contribution is 7.89. The van der Waals surface area contributed by atoms with Gasteiger partial charge < -0.3 is 5.32 Å². The number of hydrogen-bond donors (Lipinski definition) is 1. The van der Waals surface area contributed by atoms with Crippen molar-refractivity contribution in [3.05, 3.63) is 0 Å². The number of nitrogens with one attached hydrogen (secondary N) is 1. The average Bonchev–Trinajstić information content (AvgIpc) is 2.89.